The first-order chi connectivity index (χ1) is 12.6. The van der Waals surface area contributed by atoms with E-state index in [0.717, 1.165) is 64.2 Å². The molecule has 0 aromatic carbocycles. The fraction of sp³-hybridized carbons (Fsp3) is 0.909. The fourth-order valence-electron chi connectivity index (χ4n) is 2.78. The summed E-state index contributed by atoms with van der Waals surface area (Å²) in [6, 6.07) is 0. The van der Waals surface area contributed by atoms with Crippen LogP contribution in [0.3, 0.4) is 0 Å². The lowest BCUT2D eigenvalue weighted by Gasteiger charge is -2.06. The van der Waals surface area contributed by atoms with Crippen LogP contribution in [0.4, 0.5) is 0 Å². The van der Waals surface area contributed by atoms with Gasteiger partial charge in [0.05, 0.1) is 13.2 Å². The molecule has 0 aliphatic heterocycles. The van der Waals surface area contributed by atoms with E-state index in [9.17, 15) is 9.59 Å². The monoisotopic (exact) mass is 370 g/mol. The highest BCUT2D eigenvalue weighted by Crippen LogP contribution is 2.10. The predicted octanol–water partition coefficient (Wildman–Crippen LogP) is 6.21. The van der Waals surface area contributed by atoms with Crippen LogP contribution in [0.25, 0.3) is 0 Å². The highest BCUT2D eigenvalue weighted by Gasteiger charge is 2.04. The Balaban J connectivity index is 3.27. The van der Waals surface area contributed by atoms with Crippen molar-refractivity contribution >= 4 is 11.9 Å². The zero-order valence-electron chi connectivity index (χ0n) is 17.5. The van der Waals surface area contributed by atoms with Crippen LogP contribution in [0.5, 0.6) is 0 Å². The molecular formula is C22H42O4. The van der Waals surface area contributed by atoms with E-state index in [4.69, 9.17) is 9.47 Å². The van der Waals surface area contributed by atoms with Crippen LogP contribution in [-0.2, 0) is 19.1 Å². The molecule has 0 unspecified atom stereocenters. The van der Waals surface area contributed by atoms with Gasteiger partial charge in [-0.1, -0.05) is 65.7 Å². The van der Waals surface area contributed by atoms with Gasteiger partial charge in [-0.25, -0.2) is 0 Å². The minimum atomic E-state index is -0.0598. The van der Waals surface area contributed by atoms with Crippen LogP contribution in [0.1, 0.15) is 111 Å². The summed E-state index contributed by atoms with van der Waals surface area (Å²) in [5.41, 5.74) is 0. The highest BCUT2D eigenvalue weighted by atomic mass is 16.5. The summed E-state index contributed by atoms with van der Waals surface area (Å²) in [6.07, 6.45) is 13.9. The van der Waals surface area contributed by atoms with Crippen molar-refractivity contribution < 1.29 is 19.1 Å². The van der Waals surface area contributed by atoms with Crippen molar-refractivity contribution in [3.63, 3.8) is 0 Å². The molecule has 0 atom stereocenters. The summed E-state index contributed by atoms with van der Waals surface area (Å²) in [5.74, 6) is 0.554. The van der Waals surface area contributed by atoms with Gasteiger partial charge in [0.2, 0.25) is 0 Å². The smallest absolute Gasteiger partial charge is 0.305 e. The third kappa shape index (κ3) is 19.3. The van der Waals surface area contributed by atoms with Gasteiger partial charge in [-0.2, -0.15) is 0 Å². The molecule has 0 aromatic rings. The molecule has 154 valence electrons. The van der Waals surface area contributed by atoms with Gasteiger partial charge in [0, 0.05) is 12.8 Å². The topological polar surface area (TPSA) is 52.6 Å². The van der Waals surface area contributed by atoms with Crippen molar-refractivity contribution in [2.75, 3.05) is 13.2 Å². The molecule has 26 heavy (non-hydrogen) atoms. The van der Waals surface area contributed by atoms with Gasteiger partial charge in [-0.3, -0.25) is 9.59 Å². The lowest BCUT2D eigenvalue weighted by molar-refractivity contribution is -0.144. The molecule has 0 bridgehead atoms. The Morgan fingerprint density at radius 1 is 0.654 bits per heavy atom. The number of unbranched alkanes of at least 4 members (excludes halogenated alkanes) is 8. The van der Waals surface area contributed by atoms with E-state index in [2.05, 4.69) is 20.8 Å². The molecule has 0 aliphatic rings. The number of carbonyl (C=O) groups is 2. The first-order valence-electron chi connectivity index (χ1n) is 10.9. The predicted molar refractivity (Wildman–Crippen MR) is 107 cm³/mol. The minimum Gasteiger partial charge on any atom is -0.466 e. The Bertz CT molecular complexity index is 339. The van der Waals surface area contributed by atoms with Crippen molar-refractivity contribution in [1.82, 2.24) is 0 Å². The van der Waals surface area contributed by atoms with Gasteiger partial charge in [0.15, 0.2) is 0 Å². The number of ether oxygens (including phenoxy) is 2. The number of hydrogen-bond acceptors (Lipinski definition) is 4. The van der Waals surface area contributed by atoms with Crippen LogP contribution in [0, 0.1) is 5.92 Å². The zero-order chi connectivity index (χ0) is 19.5. The van der Waals surface area contributed by atoms with Gasteiger partial charge < -0.3 is 9.47 Å². The summed E-state index contributed by atoms with van der Waals surface area (Å²) < 4.78 is 10.5. The van der Waals surface area contributed by atoms with E-state index in [0.29, 0.717) is 32.0 Å². The standard InChI is InChI=1S/C22H42O4/c1-4-5-6-13-18-25-21(23)16-11-9-7-8-10-12-17-22(24)26-19-14-15-20(2)3/h20H,4-19H2,1-3H3. The third-order valence-corrected chi connectivity index (χ3v) is 4.46. The molecule has 0 fully saturated rings. The Labute approximate surface area is 161 Å². The molecule has 0 saturated carbocycles. The van der Waals surface area contributed by atoms with Crippen LogP contribution in [0.2, 0.25) is 0 Å². The molecule has 0 rings (SSSR count). The summed E-state index contributed by atoms with van der Waals surface area (Å²) in [6.45, 7) is 7.67. The summed E-state index contributed by atoms with van der Waals surface area (Å²) >= 11 is 0. The van der Waals surface area contributed by atoms with E-state index < -0.39 is 0 Å². The number of rotatable bonds is 18. The van der Waals surface area contributed by atoms with Crippen LogP contribution in [-0.4, -0.2) is 25.2 Å². The molecule has 0 radical (unpaired) electrons. The summed E-state index contributed by atoms with van der Waals surface area (Å²) in [4.78, 5) is 23.1. The van der Waals surface area contributed by atoms with Crippen LogP contribution in [0.15, 0.2) is 0 Å². The molecule has 0 spiro atoms. The van der Waals surface area contributed by atoms with Crippen molar-refractivity contribution in [1.29, 1.82) is 0 Å². The molecule has 0 aliphatic carbocycles. The van der Waals surface area contributed by atoms with E-state index >= 15 is 0 Å². The third-order valence-electron chi connectivity index (χ3n) is 4.46. The normalized spacial score (nSPS) is 10.9. The molecule has 0 aromatic heterocycles. The second-order valence-corrected chi connectivity index (χ2v) is 7.66. The minimum absolute atomic E-state index is 0.0540. The quantitative estimate of drug-likeness (QED) is 0.212. The van der Waals surface area contributed by atoms with E-state index in [1.807, 2.05) is 0 Å². The first-order valence-corrected chi connectivity index (χ1v) is 10.9. The fourth-order valence-corrected chi connectivity index (χ4v) is 2.78. The number of carbonyl (C=O) groups excluding carboxylic acids is 2. The second kappa shape index (κ2) is 18.7. The van der Waals surface area contributed by atoms with Crippen LogP contribution < -0.4 is 0 Å². The molecule has 0 N–H and O–H groups in total. The highest BCUT2D eigenvalue weighted by molar-refractivity contribution is 5.69. The largest absolute Gasteiger partial charge is 0.466 e. The molecule has 0 heterocycles. The zero-order valence-corrected chi connectivity index (χ0v) is 17.5. The molecular weight excluding hydrogens is 328 g/mol. The second-order valence-electron chi connectivity index (χ2n) is 7.66. The average molecular weight is 371 g/mol. The van der Waals surface area contributed by atoms with E-state index in [1.165, 1.54) is 12.8 Å². The lowest BCUT2D eigenvalue weighted by atomic mass is 10.1. The van der Waals surface area contributed by atoms with Gasteiger partial charge in [0.25, 0.3) is 0 Å². The Morgan fingerprint density at radius 2 is 1.12 bits per heavy atom. The number of hydrogen-bond donors (Lipinski definition) is 0. The first kappa shape index (κ1) is 24.9. The van der Waals surface area contributed by atoms with E-state index in [-0.39, 0.29) is 11.9 Å². The van der Waals surface area contributed by atoms with Crippen molar-refractivity contribution in [3.05, 3.63) is 0 Å². The maximum Gasteiger partial charge on any atom is 0.305 e. The number of esters is 2. The van der Waals surface area contributed by atoms with Crippen molar-refractivity contribution in [3.8, 4) is 0 Å². The maximum absolute atomic E-state index is 11.6. The molecule has 0 saturated heterocycles. The van der Waals surface area contributed by atoms with Crippen molar-refractivity contribution in [2.45, 2.75) is 111 Å². The summed E-state index contributed by atoms with van der Waals surface area (Å²) in [5, 5.41) is 0. The van der Waals surface area contributed by atoms with Crippen molar-refractivity contribution in [2.24, 2.45) is 5.92 Å². The van der Waals surface area contributed by atoms with E-state index in [1.54, 1.807) is 0 Å². The average Bonchev–Trinajstić information content (AvgIpc) is 2.60. The Kier molecular flexibility index (Phi) is 18.0. The van der Waals surface area contributed by atoms with Gasteiger partial charge in [0.1, 0.15) is 0 Å². The van der Waals surface area contributed by atoms with Gasteiger partial charge >= 0.3 is 11.9 Å². The lowest BCUT2D eigenvalue weighted by Crippen LogP contribution is -2.06. The Morgan fingerprint density at radius 3 is 1.62 bits per heavy atom. The van der Waals surface area contributed by atoms with Gasteiger partial charge in [-0.05, 0) is 38.0 Å². The summed E-state index contributed by atoms with van der Waals surface area (Å²) in [7, 11) is 0. The SMILES string of the molecule is CCCCCCOC(=O)CCCCCCCCC(=O)OCCCC(C)C. The molecule has 0 amide bonds. The Hall–Kier alpha value is -1.06. The molecule has 4 heteroatoms. The van der Waals surface area contributed by atoms with Crippen LogP contribution >= 0.6 is 0 Å². The van der Waals surface area contributed by atoms with Gasteiger partial charge in [-0.15, -0.1) is 0 Å². The maximum atomic E-state index is 11.6. The molecule has 4 nitrogen and oxygen atoms in total.